The predicted octanol–water partition coefficient (Wildman–Crippen LogP) is 4.69. The van der Waals surface area contributed by atoms with Gasteiger partial charge in [0.2, 0.25) is 0 Å². The first-order valence-electron chi connectivity index (χ1n) is 9.13. The Morgan fingerprint density at radius 3 is 2.41 bits per heavy atom. The van der Waals surface area contributed by atoms with Gasteiger partial charge in [-0.2, -0.15) is 5.10 Å². The predicted molar refractivity (Wildman–Crippen MR) is 110 cm³/mol. The van der Waals surface area contributed by atoms with Gasteiger partial charge >= 0.3 is 0 Å². The normalized spacial score (nSPS) is 10.8. The summed E-state index contributed by atoms with van der Waals surface area (Å²) in [6, 6.07) is 23.8. The van der Waals surface area contributed by atoms with Crippen molar-refractivity contribution < 1.29 is 20.1 Å². The Morgan fingerprint density at radius 2 is 1.66 bits per heavy atom. The zero-order chi connectivity index (χ0) is 19.1. The van der Waals surface area contributed by atoms with E-state index in [1.807, 2.05) is 41.3 Å². The molecule has 5 rings (SSSR count). The van der Waals surface area contributed by atoms with Crippen molar-refractivity contribution in [3.63, 3.8) is 0 Å². The second kappa shape index (κ2) is 7.74. The van der Waals surface area contributed by atoms with Crippen LogP contribution in [-0.4, -0.2) is 24.3 Å². The first kappa shape index (κ1) is 19.2. The molecule has 0 amide bonds. The molecule has 0 spiro atoms. The monoisotopic (exact) mass is 557 g/mol. The van der Waals surface area contributed by atoms with E-state index in [-0.39, 0.29) is 20.1 Å². The van der Waals surface area contributed by atoms with Gasteiger partial charge in [-0.1, -0.05) is 36.4 Å². The molecule has 1 radical (unpaired) electrons. The largest absolute Gasteiger partial charge is 0.340 e. The molecule has 3 aromatic carbocycles. The Bertz CT molecular complexity index is 1270. The van der Waals surface area contributed by atoms with Crippen LogP contribution in [0, 0.1) is 19.9 Å². The molecule has 0 saturated carbocycles. The van der Waals surface area contributed by atoms with E-state index in [4.69, 9.17) is 0 Å². The molecule has 2 heterocycles. The average molecular weight is 557 g/mol. The molecule has 0 aliphatic heterocycles. The molecule has 5 nitrogen and oxygen atoms in total. The molecular weight excluding hydrogens is 539 g/mol. The number of nitrogens with zero attached hydrogens (tertiary/aromatic N) is 5. The van der Waals surface area contributed by atoms with Gasteiger partial charge in [0.25, 0.3) is 0 Å². The Morgan fingerprint density at radius 1 is 0.897 bits per heavy atom. The SMILES string of the molecule is Cc1cccc(C)c1-n1ncnc1-c1[c-]cc2c(c1)ncn2-c1ccccc1.[Ir]. The zero-order valence-electron chi connectivity index (χ0n) is 16.0. The summed E-state index contributed by atoms with van der Waals surface area (Å²) >= 11 is 0. The standard InChI is InChI=1S/C23H18N5.Ir/c1-16-7-6-8-17(2)22(16)28-23(24-14-26-28)18-11-12-21-20(13-18)25-15-27(21)19-9-4-3-5-10-19;/h3-10,12-15H,1-2H3;/q-1;. The molecule has 0 aliphatic rings. The fourth-order valence-electron chi connectivity index (χ4n) is 3.60. The van der Waals surface area contributed by atoms with Gasteiger partial charge in [0.05, 0.1) is 17.8 Å². The Kier molecular flexibility index (Phi) is 5.14. The van der Waals surface area contributed by atoms with Gasteiger partial charge in [-0.05, 0) is 42.6 Å². The molecule has 0 atom stereocenters. The summed E-state index contributed by atoms with van der Waals surface area (Å²) in [5, 5.41) is 4.48. The molecular formula is C23H18IrN5-. The minimum Gasteiger partial charge on any atom is -0.340 e. The molecule has 5 aromatic rings. The maximum atomic E-state index is 4.59. The van der Waals surface area contributed by atoms with Gasteiger partial charge in [0.15, 0.2) is 0 Å². The number of hydrogen-bond acceptors (Lipinski definition) is 3. The summed E-state index contributed by atoms with van der Waals surface area (Å²) in [6.45, 7) is 4.17. The van der Waals surface area contributed by atoms with Crippen LogP contribution in [0.5, 0.6) is 0 Å². The van der Waals surface area contributed by atoms with E-state index in [1.54, 1.807) is 6.33 Å². The van der Waals surface area contributed by atoms with Crippen LogP contribution in [0.2, 0.25) is 0 Å². The second-order valence-corrected chi connectivity index (χ2v) is 6.80. The zero-order valence-corrected chi connectivity index (χ0v) is 18.4. The first-order valence-corrected chi connectivity index (χ1v) is 9.13. The molecule has 0 saturated heterocycles. The van der Waals surface area contributed by atoms with Crippen LogP contribution in [0.3, 0.4) is 0 Å². The van der Waals surface area contributed by atoms with Gasteiger partial charge in [-0.25, -0.2) is 0 Å². The van der Waals surface area contributed by atoms with Crippen molar-refractivity contribution in [1.82, 2.24) is 24.3 Å². The van der Waals surface area contributed by atoms with Crippen molar-refractivity contribution in [1.29, 1.82) is 0 Å². The second-order valence-electron chi connectivity index (χ2n) is 6.80. The van der Waals surface area contributed by atoms with E-state index in [0.717, 1.165) is 44.9 Å². The van der Waals surface area contributed by atoms with Crippen molar-refractivity contribution in [3.8, 4) is 22.8 Å². The van der Waals surface area contributed by atoms with E-state index in [1.165, 1.54) is 0 Å². The molecule has 6 heteroatoms. The number of imidazole rings is 1. The first-order chi connectivity index (χ1) is 13.7. The molecule has 29 heavy (non-hydrogen) atoms. The third-order valence-electron chi connectivity index (χ3n) is 4.95. The number of aryl methyl sites for hydroxylation is 2. The van der Waals surface area contributed by atoms with Gasteiger partial charge in [0.1, 0.15) is 6.33 Å². The minimum absolute atomic E-state index is 0. The number of benzene rings is 3. The Hall–Kier alpha value is -3.08. The van der Waals surface area contributed by atoms with Crippen LogP contribution >= 0.6 is 0 Å². The van der Waals surface area contributed by atoms with Crippen LogP contribution in [0.15, 0.2) is 73.3 Å². The third-order valence-corrected chi connectivity index (χ3v) is 4.95. The van der Waals surface area contributed by atoms with E-state index < -0.39 is 0 Å². The van der Waals surface area contributed by atoms with Gasteiger partial charge in [-0.15, -0.1) is 23.8 Å². The number of para-hydroxylation sites is 2. The van der Waals surface area contributed by atoms with Crippen LogP contribution in [0.25, 0.3) is 33.8 Å². The summed E-state index contributed by atoms with van der Waals surface area (Å²) in [6.07, 6.45) is 3.43. The summed E-state index contributed by atoms with van der Waals surface area (Å²) in [7, 11) is 0. The maximum absolute atomic E-state index is 4.59. The third kappa shape index (κ3) is 3.31. The van der Waals surface area contributed by atoms with Crippen molar-refractivity contribution >= 4 is 11.0 Å². The van der Waals surface area contributed by atoms with Crippen LogP contribution in [0.4, 0.5) is 0 Å². The van der Waals surface area contributed by atoms with Crippen molar-refractivity contribution in [2.45, 2.75) is 13.8 Å². The van der Waals surface area contributed by atoms with Crippen LogP contribution in [0.1, 0.15) is 11.1 Å². The fourth-order valence-corrected chi connectivity index (χ4v) is 3.60. The summed E-state index contributed by atoms with van der Waals surface area (Å²) in [5.41, 5.74) is 7.21. The number of rotatable bonds is 3. The molecule has 0 unspecified atom stereocenters. The summed E-state index contributed by atoms with van der Waals surface area (Å²) < 4.78 is 3.95. The molecule has 145 valence electrons. The number of aromatic nitrogens is 5. The van der Waals surface area contributed by atoms with Crippen LogP contribution in [-0.2, 0) is 20.1 Å². The maximum Gasteiger partial charge on any atom is 0.127 e. The van der Waals surface area contributed by atoms with Crippen LogP contribution < -0.4 is 0 Å². The molecule has 0 N–H and O–H groups in total. The van der Waals surface area contributed by atoms with E-state index in [9.17, 15) is 0 Å². The number of hydrogen-bond donors (Lipinski definition) is 0. The van der Waals surface area contributed by atoms with E-state index >= 15 is 0 Å². The van der Waals surface area contributed by atoms with E-state index in [0.29, 0.717) is 0 Å². The molecule has 2 aromatic heterocycles. The van der Waals surface area contributed by atoms with Gasteiger partial charge in [-0.3, -0.25) is 14.6 Å². The summed E-state index contributed by atoms with van der Waals surface area (Å²) in [4.78, 5) is 9.09. The topological polar surface area (TPSA) is 48.5 Å². The Labute approximate surface area is 182 Å². The molecule has 0 bridgehead atoms. The quantitative estimate of drug-likeness (QED) is 0.303. The van der Waals surface area contributed by atoms with Gasteiger partial charge in [0, 0.05) is 31.3 Å². The van der Waals surface area contributed by atoms with Crippen molar-refractivity contribution in [3.05, 3.63) is 90.5 Å². The van der Waals surface area contributed by atoms with Crippen molar-refractivity contribution in [2.24, 2.45) is 0 Å². The molecule has 0 aliphatic carbocycles. The minimum atomic E-state index is 0. The van der Waals surface area contributed by atoms with Gasteiger partial charge < -0.3 is 4.57 Å². The smallest absolute Gasteiger partial charge is 0.127 e. The van der Waals surface area contributed by atoms with Crippen molar-refractivity contribution in [2.75, 3.05) is 0 Å². The Balaban J connectivity index is 0.00000205. The summed E-state index contributed by atoms with van der Waals surface area (Å²) in [5.74, 6) is 0.758. The van der Waals surface area contributed by atoms with E-state index in [2.05, 4.69) is 69.9 Å². The fraction of sp³-hybridized carbons (Fsp3) is 0.0870. The molecule has 0 fully saturated rings. The average Bonchev–Trinajstić information content (AvgIpc) is 3.35. The number of fused-ring (bicyclic) bond motifs is 1.